The van der Waals surface area contributed by atoms with Crippen LogP contribution in [0.2, 0.25) is 0 Å². The zero-order valence-corrected chi connectivity index (χ0v) is 26.4. The Bertz CT molecular complexity index is 860. The van der Waals surface area contributed by atoms with Crippen LogP contribution in [0, 0.1) is 34.5 Å². The van der Waals surface area contributed by atoms with Gasteiger partial charge in [-0.15, -0.1) is 0 Å². The number of hydrogen-bond acceptors (Lipinski definition) is 8. The molecule has 0 unspecified atom stereocenters. The third kappa shape index (κ3) is 7.58. The van der Waals surface area contributed by atoms with Crippen molar-refractivity contribution in [1.29, 1.82) is 0 Å². The molecule has 0 bridgehead atoms. The fourth-order valence-corrected chi connectivity index (χ4v) is 7.03. The maximum absolute atomic E-state index is 13.1. The summed E-state index contributed by atoms with van der Waals surface area (Å²) in [5.74, 6) is -1.70. The smallest absolute Gasteiger partial charge is 0.309 e. The average molecular weight is 565 g/mol. The van der Waals surface area contributed by atoms with E-state index in [0.29, 0.717) is 51.4 Å². The molecule has 228 valence electrons. The van der Waals surface area contributed by atoms with Crippen LogP contribution >= 0.6 is 0 Å². The molecule has 0 saturated heterocycles. The number of esters is 4. The molecule has 3 rings (SSSR count). The van der Waals surface area contributed by atoms with Gasteiger partial charge in [0.25, 0.3) is 0 Å². The van der Waals surface area contributed by atoms with Crippen molar-refractivity contribution in [2.75, 3.05) is 0 Å². The summed E-state index contributed by atoms with van der Waals surface area (Å²) in [5, 5.41) is 0. The monoisotopic (exact) mass is 564 g/mol. The molecule has 0 aliphatic heterocycles. The number of ether oxygens (including phenoxy) is 4. The fourth-order valence-electron chi connectivity index (χ4n) is 7.03. The van der Waals surface area contributed by atoms with Gasteiger partial charge in [0.1, 0.15) is 23.4 Å². The predicted molar refractivity (Wildman–Crippen MR) is 150 cm³/mol. The van der Waals surface area contributed by atoms with E-state index in [1.165, 1.54) is 0 Å². The van der Waals surface area contributed by atoms with Gasteiger partial charge in [-0.25, -0.2) is 0 Å². The van der Waals surface area contributed by atoms with Crippen molar-refractivity contribution < 1.29 is 38.1 Å². The Morgan fingerprint density at radius 3 is 0.925 bits per heavy atom. The Kier molecular flexibility index (Phi) is 9.42. The van der Waals surface area contributed by atoms with Crippen LogP contribution < -0.4 is 0 Å². The van der Waals surface area contributed by atoms with Crippen LogP contribution in [0.15, 0.2) is 0 Å². The van der Waals surface area contributed by atoms with Gasteiger partial charge in [-0.3, -0.25) is 19.2 Å². The molecule has 3 saturated carbocycles. The Balaban J connectivity index is 1.49. The lowest BCUT2D eigenvalue weighted by Gasteiger charge is -2.61. The standard InChI is InChI=1S/C32H52O8/c1-29(2,3)39-25(35)21-15-11-19(12-16-21)23(33)37-27-31(7,8)28(32(27,9)10)38-24(34)20-13-17-22(18-14-20)26(36)40-30(4,5)6/h19-22,27-28H,11-18H2,1-10H3. The van der Waals surface area contributed by atoms with E-state index in [0.717, 1.165) is 0 Å². The molecule has 3 aliphatic rings. The van der Waals surface area contributed by atoms with E-state index in [1.807, 2.05) is 69.2 Å². The first kappa shape index (κ1) is 32.4. The zero-order valence-electron chi connectivity index (χ0n) is 26.4. The molecule has 0 aromatic heterocycles. The average Bonchev–Trinajstić information content (AvgIpc) is 2.83. The fraction of sp³-hybridized carbons (Fsp3) is 0.875. The minimum atomic E-state index is -0.531. The van der Waals surface area contributed by atoms with E-state index in [2.05, 4.69) is 0 Å². The molecule has 0 aromatic rings. The van der Waals surface area contributed by atoms with Crippen molar-refractivity contribution in [2.45, 2.75) is 144 Å². The minimum absolute atomic E-state index is 0.178. The van der Waals surface area contributed by atoms with Crippen molar-refractivity contribution in [3.8, 4) is 0 Å². The van der Waals surface area contributed by atoms with E-state index in [4.69, 9.17) is 18.9 Å². The topological polar surface area (TPSA) is 105 Å². The molecule has 0 amide bonds. The van der Waals surface area contributed by atoms with Gasteiger partial charge in [0, 0.05) is 10.8 Å². The minimum Gasteiger partial charge on any atom is -0.461 e. The van der Waals surface area contributed by atoms with Crippen molar-refractivity contribution >= 4 is 23.9 Å². The summed E-state index contributed by atoms with van der Waals surface area (Å²) in [6.45, 7) is 19.1. The van der Waals surface area contributed by atoms with Crippen LogP contribution in [0.1, 0.15) is 121 Å². The molecule has 0 atom stereocenters. The van der Waals surface area contributed by atoms with Gasteiger partial charge >= 0.3 is 23.9 Å². The highest BCUT2D eigenvalue weighted by Gasteiger charge is 2.66. The van der Waals surface area contributed by atoms with Crippen molar-refractivity contribution in [3.63, 3.8) is 0 Å². The van der Waals surface area contributed by atoms with Gasteiger partial charge in [-0.2, -0.15) is 0 Å². The first-order chi connectivity index (χ1) is 18.2. The normalized spacial score (nSPS) is 31.8. The Morgan fingerprint density at radius 2 is 0.700 bits per heavy atom. The van der Waals surface area contributed by atoms with Crippen molar-refractivity contribution in [1.82, 2.24) is 0 Å². The van der Waals surface area contributed by atoms with Crippen molar-refractivity contribution in [3.05, 3.63) is 0 Å². The number of rotatable bonds is 6. The Hall–Kier alpha value is -2.12. The number of carbonyl (C=O) groups excluding carboxylic acids is 4. The van der Waals surface area contributed by atoms with Crippen LogP contribution in [0.5, 0.6) is 0 Å². The highest BCUT2D eigenvalue weighted by Crippen LogP contribution is 2.58. The van der Waals surface area contributed by atoms with Gasteiger partial charge in [-0.1, -0.05) is 27.7 Å². The maximum Gasteiger partial charge on any atom is 0.309 e. The molecule has 0 radical (unpaired) electrons. The summed E-state index contributed by atoms with van der Waals surface area (Å²) < 4.78 is 23.2. The highest BCUT2D eigenvalue weighted by atomic mass is 16.6. The summed E-state index contributed by atoms with van der Waals surface area (Å²) >= 11 is 0. The second kappa shape index (κ2) is 11.6. The van der Waals surface area contributed by atoms with Gasteiger partial charge in [0.05, 0.1) is 23.7 Å². The van der Waals surface area contributed by atoms with E-state index in [1.54, 1.807) is 0 Å². The highest BCUT2D eigenvalue weighted by molar-refractivity contribution is 5.77. The summed E-state index contributed by atoms with van der Waals surface area (Å²) in [6.07, 6.45) is 4.06. The summed E-state index contributed by atoms with van der Waals surface area (Å²) in [5.41, 5.74) is -2.10. The van der Waals surface area contributed by atoms with Gasteiger partial charge in [-0.05, 0) is 92.9 Å². The molecular formula is C32H52O8. The van der Waals surface area contributed by atoms with Crippen LogP contribution in [-0.4, -0.2) is 47.3 Å². The summed E-state index contributed by atoms with van der Waals surface area (Å²) in [7, 11) is 0. The van der Waals surface area contributed by atoms with Crippen LogP contribution in [0.4, 0.5) is 0 Å². The largest absolute Gasteiger partial charge is 0.461 e. The lowest BCUT2D eigenvalue weighted by atomic mass is 9.51. The molecule has 0 aromatic carbocycles. The molecule has 8 nitrogen and oxygen atoms in total. The van der Waals surface area contributed by atoms with Gasteiger partial charge < -0.3 is 18.9 Å². The SMILES string of the molecule is CC(C)(C)OC(=O)C1CCC(C(=O)OC2C(C)(C)C(OC(=O)C3CCC(C(=O)OC(C)(C)C)CC3)C2(C)C)CC1. The van der Waals surface area contributed by atoms with Crippen LogP contribution in [-0.2, 0) is 38.1 Å². The molecule has 0 heterocycles. The summed E-state index contributed by atoms with van der Waals surface area (Å²) in [6, 6.07) is 0. The van der Waals surface area contributed by atoms with E-state index >= 15 is 0 Å². The second-order valence-corrected chi connectivity index (χ2v) is 15.4. The second-order valence-electron chi connectivity index (χ2n) is 15.4. The van der Waals surface area contributed by atoms with E-state index in [-0.39, 0.29) is 47.5 Å². The van der Waals surface area contributed by atoms with E-state index in [9.17, 15) is 19.2 Å². The van der Waals surface area contributed by atoms with Crippen LogP contribution in [0.25, 0.3) is 0 Å². The predicted octanol–water partition coefficient (Wildman–Crippen LogP) is 6.17. The lowest BCUT2D eigenvalue weighted by Crippen LogP contribution is -2.70. The molecule has 0 spiro atoms. The third-order valence-electron chi connectivity index (χ3n) is 8.77. The third-order valence-corrected chi connectivity index (χ3v) is 8.77. The molecule has 3 fully saturated rings. The molecule has 40 heavy (non-hydrogen) atoms. The quantitative estimate of drug-likeness (QED) is 0.278. The maximum atomic E-state index is 13.1. The number of carbonyl (C=O) groups is 4. The van der Waals surface area contributed by atoms with E-state index < -0.39 is 34.2 Å². The van der Waals surface area contributed by atoms with Crippen molar-refractivity contribution in [2.24, 2.45) is 34.5 Å². The molecule has 8 heteroatoms. The molecular weight excluding hydrogens is 512 g/mol. The Labute approximate surface area is 240 Å². The van der Waals surface area contributed by atoms with Gasteiger partial charge in [0.15, 0.2) is 0 Å². The lowest BCUT2D eigenvalue weighted by molar-refractivity contribution is -0.271. The van der Waals surface area contributed by atoms with Crippen LogP contribution in [0.3, 0.4) is 0 Å². The zero-order chi connectivity index (χ0) is 30.3. The first-order valence-corrected chi connectivity index (χ1v) is 15.1. The number of hydrogen-bond donors (Lipinski definition) is 0. The molecule has 3 aliphatic carbocycles. The summed E-state index contributed by atoms with van der Waals surface area (Å²) in [4.78, 5) is 51.1. The molecule has 0 N–H and O–H groups in total. The first-order valence-electron chi connectivity index (χ1n) is 15.1. The Morgan fingerprint density at radius 1 is 0.475 bits per heavy atom. The van der Waals surface area contributed by atoms with Gasteiger partial charge in [0.2, 0.25) is 0 Å².